The van der Waals surface area contributed by atoms with E-state index in [-0.39, 0.29) is 17.3 Å². The van der Waals surface area contributed by atoms with Crippen LogP contribution in [0.4, 0.5) is 0 Å². The Bertz CT molecular complexity index is 817. The Labute approximate surface area is 188 Å². The van der Waals surface area contributed by atoms with Crippen molar-refractivity contribution in [3.63, 3.8) is 0 Å². The zero-order valence-corrected chi connectivity index (χ0v) is 19.7. The molecule has 2 aromatic carbocycles. The molecule has 0 heterocycles. The molecule has 0 saturated heterocycles. The molecule has 3 heteroatoms. The Hall–Kier alpha value is -2.13. The van der Waals surface area contributed by atoms with Gasteiger partial charge >= 0.3 is 0 Å². The number of ether oxygens (including phenoxy) is 2. The molecule has 1 aliphatic rings. The number of hydrogen-bond acceptors (Lipinski definition) is 3. The third-order valence-corrected chi connectivity index (χ3v) is 7.00. The van der Waals surface area contributed by atoms with Crippen LogP contribution in [0.3, 0.4) is 0 Å². The number of carbonyl (C=O) groups excluding carboxylic acids is 1. The largest absolute Gasteiger partial charge is 0.493 e. The van der Waals surface area contributed by atoms with Crippen LogP contribution in [0.25, 0.3) is 0 Å². The summed E-state index contributed by atoms with van der Waals surface area (Å²) >= 11 is 0. The van der Waals surface area contributed by atoms with Crippen LogP contribution in [0.15, 0.2) is 54.6 Å². The highest BCUT2D eigenvalue weighted by molar-refractivity contribution is 5.80. The van der Waals surface area contributed by atoms with E-state index in [4.69, 9.17) is 9.47 Å². The molecule has 168 valence electrons. The van der Waals surface area contributed by atoms with Gasteiger partial charge < -0.3 is 9.47 Å². The van der Waals surface area contributed by atoms with Crippen LogP contribution >= 0.6 is 0 Å². The molecule has 1 atom stereocenters. The van der Waals surface area contributed by atoms with E-state index >= 15 is 0 Å². The molecule has 31 heavy (non-hydrogen) atoms. The number of rotatable bonds is 11. The minimum atomic E-state index is -0.354. The lowest BCUT2D eigenvalue weighted by atomic mass is 9.80. The minimum Gasteiger partial charge on any atom is -0.493 e. The summed E-state index contributed by atoms with van der Waals surface area (Å²) in [5.41, 5.74) is 2.23. The topological polar surface area (TPSA) is 35.5 Å². The van der Waals surface area contributed by atoms with Crippen molar-refractivity contribution in [3.05, 3.63) is 65.7 Å². The Morgan fingerprint density at radius 3 is 2.29 bits per heavy atom. The van der Waals surface area contributed by atoms with Crippen molar-refractivity contribution in [2.45, 2.75) is 77.2 Å². The van der Waals surface area contributed by atoms with Crippen molar-refractivity contribution >= 4 is 5.78 Å². The zero-order chi connectivity index (χ0) is 22.3. The molecule has 2 aromatic rings. The Morgan fingerprint density at radius 1 is 1.03 bits per heavy atom. The van der Waals surface area contributed by atoms with Crippen molar-refractivity contribution in [1.29, 1.82) is 0 Å². The fourth-order valence-corrected chi connectivity index (χ4v) is 4.70. The molecule has 1 aliphatic carbocycles. The molecule has 1 saturated carbocycles. The summed E-state index contributed by atoms with van der Waals surface area (Å²) in [4.78, 5) is 12.6. The molecule has 3 nitrogen and oxygen atoms in total. The lowest BCUT2D eigenvalue weighted by Gasteiger charge is -2.33. The standard InChI is InChI=1S/C28H38O3/c1-27(2,30-4)26(17-14-24(29)20-22-10-6-5-7-11-22)23-12-15-25(16-13-23)31-21-28(3)18-8-9-19-28/h5-7,10-13,15-16,26H,8-9,14,17-21H2,1-4H3/t26-/m1/s1. The van der Waals surface area contributed by atoms with Gasteiger partial charge in [-0.05, 0) is 56.4 Å². The first-order valence-corrected chi connectivity index (χ1v) is 11.6. The first-order chi connectivity index (χ1) is 14.8. The van der Waals surface area contributed by atoms with Gasteiger partial charge in [-0.25, -0.2) is 0 Å². The van der Waals surface area contributed by atoms with Crippen LogP contribution in [0.2, 0.25) is 0 Å². The first-order valence-electron chi connectivity index (χ1n) is 11.6. The van der Waals surface area contributed by atoms with Gasteiger partial charge in [0.25, 0.3) is 0 Å². The second-order valence-corrected chi connectivity index (χ2v) is 9.98. The van der Waals surface area contributed by atoms with Crippen molar-refractivity contribution < 1.29 is 14.3 Å². The van der Waals surface area contributed by atoms with Crippen LogP contribution in [-0.2, 0) is 16.0 Å². The monoisotopic (exact) mass is 422 g/mol. The lowest BCUT2D eigenvalue weighted by molar-refractivity contribution is -0.118. The molecule has 0 amide bonds. The van der Waals surface area contributed by atoms with Gasteiger partial charge in [-0.15, -0.1) is 0 Å². The molecular formula is C28H38O3. The van der Waals surface area contributed by atoms with E-state index < -0.39 is 0 Å². The summed E-state index contributed by atoms with van der Waals surface area (Å²) in [6.45, 7) is 7.32. The summed E-state index contributed by atoms with van der Waals surface area (Å²) in [7, 11) is 1.75. The van der Waals surface area contributed by atoms with Crippen LogP contribution in [0.1, 0.15) is 76.3 Å². The molecule has 0 bridgehead atoms. The molecular weight excluding hydrogens is 384 g/mol. The van der Waals surface area contributed by atoms with Crippen LogP contribution in [-0.4, -0.2) is 25.1 Å². The quantitative estimate of drug-likeness (QED) is 0.402. The maximum atomic E-state index is 12.6. The smallest absolute Gasteiger partial charge is 0.137 e. The Morgan fingerprint density at radius 2 is 1.68 bits per heavy atom. The Balaban J connectivity index is 1.62. The van der Waals surface area contributed by atoms with Gasteiger partial charge in [-0.2, -0.15) is 0 Å². The van der Waals surface area contributed by atoms with Gasteiger partial charge in [-0.3, -0.25) is 4.79 Å². The van der Waals surface area contributed by atoms with E-state index in [0.29, 0.717) is 18.3 Å². The summed E-state index contributed by atoms with van der Waals surface area (Å²) in [5, 5.41) is 0. The summed E-state index contributed by atoms with van der Waals surface area (Å²) < 4.78 is 11.9. The average molecular weight is 423 g/mol. The third-order valence-electron chi connectivity index (χ3n) is 7.00. The number of benzene rings is 2. The minimum absolute atomic E-state index is 0.138. The van der Waals surface area contributed by atoms with Gasteiger partial charge in [0.15, 0.2) is 0 Å². The summed E-state index contributed by atoms with van der Waals surface area (Å²) in [5.74, 6) is 1.33. The predicted octanol–water partition coefficient (Wildman–Crippen LogP) is 6.75. The van der Waals surface area contributed by atoms with Gasteiger partial charge in [0.2, 0.25) is 0 Å². The molecule has 0 aromatic heterocycles. The van der Waals surface area contributed by atoms with Crippen molar-refractivity contribution in [3.8, 4) is 5.75 Å². The fourth-order valence-electron chi connectivity index (χ4n) is 4.70. The normalized spacial score (nSPS) is 16.8. The highest BCUT2D eigenvalue weighted by Gasteiger charge is 2.32. The number of carbonyl (C=O) groups is 1. The van der Waals surface area contributed by atoms with Gasteiger partial charge in [0.1, 0.15) is 11.5 Å². The SMILES string of the molecule is COC(C)(C)[C@H](CCC(=O)Cc1ccccc1)c1ccc(OCC2(C)CCCC2)cc1. The van der Waals surface area contributed by atoms with E-state index in [0.717, 1.165) is 24.3 Å². The summed E-state index contributed by atoms with van der Waals surface area (Å²) in [6, 6.07) is 18.4. The molecule has 3 rings (SSSR count). The van der Waals surface area contributed by atoms with E-state index in [1.807, 2.05) is 30.3 Å². The van der Waals surface area contributed by atoms with Crippen LogP contribution in [0.5, 0.6) is 5.75 Å². The molecule has 0 spiro atoms. The van der Waals surface area contributed by atoms with E-state index in [1.54, 1.807) is 7.11 Å². The van der Waals surface area contributed by atoms with Gasteiger partial charge in [-0.1, -0.05) is 62.2 Å². The lowest BCUT2D eigenvalue weighted by Crippen LogP contribution is -2.32. The Kier molecular flexibility index (Phi) is 7.94. The average Bonchev–Trinajstić information content (AvgIpc) is 3.20. The molecule has 0 radical (unpaired) electrons. The molecule has 0 aliphatic heterocycles. The molecule has 0 N–H and O–H groups in total. The highest BCUT2D eigenvalue weighted by atomic mass is 16.5. The van der Waals surface area contributed by atoms with Crippen LogP contribution in [0, 0.1) is 5.41 Å². The van der Waals surface area contributed by atoms with E-state index in [2.05, 4.69) is 45.0 Å². The third kappa shape index (κ3) is 6.67. The van der Waals surface area contributed by atoms with Gasteiger partial charge in [0, 0.05) is 31.3 Å². The fraction of sp³-hybridized carbons (Fsp3) is 0.536. The van der Waals surface area contributed by atoms with Crippen molar-refractivity contribution in [2.24, 2.45) is 5.41 Å². The zero-order valence-electron chi connectivity index (χ0n) is 19.7. The maximum Gasteiger partial charge on any atom is 0.137 e. The van der Waals surface area contributed by atoms with Gasteiger partial charge in [0.05, 0.1) is 12.2 Å². The number of methoxy groups -OCH3 is 1. The van der Waals surface area contributed by atoms with E-state index in [1.165, 1.54) is 31.2 Å². The highest BCUT2D eigenvalue weighted by Crippen LogP contribution is 2.39. The van der Waals surface area contributed by atoms with Crippen molar-refractivity contribution in [2.75, 3.05) is 13.7 Å². The first kappa shape index (κ1) is 23.5. The number of ketones is 1. The second-order valence-electron chi connectivity index (χ2n) is 9.98. The molecule has 1 fully saturated rings. The molecule has 0 unspecified atom stereocenters. The van der Waals surface area contributed by atoms with Crippen molar-refractivity contribution in [1.82, 2.24) is 0 Å². The summed E-state index contributed by atoms with van der Waals surface area (Å²) in [6.07, 6.45) is 6.95. The maximum absolute atomic E-state index is 12.6. The predicted molar refractivity (Wildman–Crippen MR) is 127 cm³/mol. The second kappa shape index (κ2) is 10.5. The number of Topliss-reactive ketones (excluding diaryl/α,β-unsaturated/α-hetero) is 1. The number of hydrogen-bond donors (Lipinski definition) is 0. The van der Waals surface area contributed by atoms with E-state index in [9.17, 15) is 4.79 Å². The van der Waals surface area contributed by atoms with Crippen LogP contribution < -0.4 is 4.74 Å².